The molecule has 2 N–H and O–H groups in total. The van der Waals surface area contributed by atoms with Crippen molar-refractivity contribution in [3.05, 3.63) is 0 Å². The van der Waals surface area contributed by atoms with Crippen LogP contribution in [0, 0.1) is 0 Å². The first-order chi connectivity index (χ1) is 7.49. The van der Waals surface area contributed by atoms with E-state index in [0.29, 0.717) is 19.3 Å². The molecule has 0 aromatic rings. The number of rotatable bonds is 2. The smallest absolute Gasteiger partial charge is 0.220 e. The largest absolute Gasteiger partial charge is 0.391 e. The number of amides is 1. The Balaban J connectivity index is 2.31. The summed E-state index contributed by atoms with van der Waals surface area (Å²) in [6.07, 6.45) is 3.11. The Morgan fingerprint density at radius 2 is 2.06 bits per heavy atom. The lowest BCUT2D eigenvalue weighted by Crippen LogP contribution is -2.69. The molecule has 2 bridgehead atoms. The van der Waals surface area contributed by atoms with Crippen LogP contribution in [-0.2, 0) is 4.79 Å². The zero-order chi connectivity index (χ0) is 11.9. The fraction of sp³-hybridized carbons (Fsp3) is 0.917. The van der Waals surface area contributed by atoms with Gasteiger partial charge in [0.1, 0.15) is 0 Å². The Morgan fingerprint density at radius 3 is 2.50 bits per heavy atom. The van der Waals surface area contributed by atoms with E-state index < -0.39 is 17.7 Å². The number of fused-ring (bicyclic) bond motifs is 3. The minimum absolute atomic E-state index is 0.0275. The van der Waals surface area contributed by atoms with Gasteiger partial charge in [-0.05, 0) is 32.1 Å². The summed E-state index contributed by atoms with van der Waals surface area (Å²) in [6, 6.07) is -0.180. The number of carbonyl (C=O) groups is 1. The molecule has 2 heterocycles. The zero-order valence-electron chi connectivity index (χ0n) is 10.0. The summed E-state index contributed by atoms with van der Waals surface area (Å²) >= 11 is 0. The molecule has 0 spiro atoms. The fourth-order valence-electron chi connectivity index (χ4n) is 3.38. The Kier molecular flexibility index (Phi) is 2.97. The van der Waals surface area contributed by atoms with E-state index in [1.54, 1.807) is 4.90 Å². The Morgan fingerprint density at radius 1 is 1.50 bits per heavy atom. The van der Waals surface area contributed by atoms with Gasteiger partial charge in [0.2, 0.25) is 5.91 Å². The van der Waals surface area contributed by atoms with Crippen molar-refractivity contribution in [3.8, 4) is 0 Å². The lowest BCUT2D eigenvalue weighted by Gasteiger charge is -2.57. The number of hydrogen-bond donors (Lipinski definition) is 2. The van der Waals surface area contributed by atoms with E-state index in [1.165, 1.54) is 6.92 Å². The second-order valence-corrected chi connectivity index (χ2v) is 5.18. The predicted molar refractivity (Wildman–Crippen MR) is 59.8 cm³/mol. The lowest BCUT2D eigenvalue weighted by molar-refractivity contribution is -0.186. The van der Waals surface area contributed by atoms with E-state index in [9.17, 15) is 15.0 Å². The monoisotopic (exact) mass is 227 g/mol. The SMILES string of the molecule is CC[C@H](O)[C@@H]1N(C(C)=O)C2CCC1(O)CC2. The molecule has 0 unspecified atom stereocenters. The van der Waals surface area contributed by atoms with Crippen molar-refractivity contribution in [2.45, 2.75) is 69.7 Å². The molecule has 3 rings (SSSR count). The average Bonchev–Trinajstić information content (AvgIpc) is 2.27. The third kappa shape index (κ3) is 1.64. The lowest BCUT2D eigenvalue weighted by atomic mass is 9.69. The molecule has 1 aliphatic carbocycles. The van der Waals surface area contributed by atoms with Crippen LogP contribution in [0.2, 0.25) is 0 Å². The van der Waals surface area contributed by atoms with Crippen molar-refractivity contribution in [3.63, 3.8) is 0 Å². The highest BCUT2D eigenvalue weighted by Crippen LogP contribution is 2.44. The van der Waals surface area contributed by atoms with Gasteiger partial charge in [0, 0.05) is 13.0 Å². The molecule has 16 heavy (non-hydrogen) atoms. The number of carbonyl (C=O) groups excluding carboxylic acids is 1. The Hall–Kier alpha value is -0.610. The molecular weight excluding hydrogens is 206 g/mol. The van der Waals surface area contributed by atoms with Crippen molar-refractivity contribution in [1.29, 1.82) is 0 Å². The van der Waals surface area contributed by atoms with Crippen LogP contribution < -0.4 is 0 Å². The molecular formula is C12H21NO3. The van der Waals surface area contributed by atoms with Crippen LogP contribution in [-0.4, -0.2) is 44.8 Å². The molecule has 2 saturated heterocycles. The first kappa shape index (κ1) is 11.9. The summed E-state index contributed by atoms with van der Waals surface area (Å²) in [5.41, 5.74) is -0.865. The predicted octanol–water partition coefficient (Wildman–Crippen LogP) is 0.662. The second-order valence-electron chi connectivity index (χ2n) is 5.18. The standard InChI is InChI=1S/C12H21NO3/c1-3-10(15)11-12(16)6-4-9(5-7-12)13(11)8(2)14/h9-11,15-16H,3-7H2,1-2H3/t9?,10-,11-,12?/m0/s1. The number of aliphatic hydroxyl groups is 2. The molecule has 1 amide bonds. The van der Waals surface area contributed by atoms with Gasteiger partial charge in [0.05, 0.1) is 17.7 Å². The van der Waals surface area contributed by atoms with E-state index in [0.717, 1.165) is 12.8 Å². The quantitative estimate of drug-likeness (QED) is 0.728. The van der Waals surface area contributed by atoms with Gasteiger partial charge >= 0.3 is 0 Å². The van der Waals surface area contributed by atoms with Crippen molar-refractivity contribution >= 4 is 5.91 Å². The number of hydrogen-bond acceptors (Lipinski definition) is 3. The molecule has 92 valence electrons. The van der Waals surface area contributed by atoms with Gasteiger partial charge < -0.3 is 15.1 Å². The van der Waals surface area contributed by atoms with Crippen LogP contribution in [0.25, 0.3) is 0 Å². The van der Waals surface area contributed by atoms with Crippen LogP contribution in [0.4, 0.5) is 0 Å². The summed E-state index contributed by atoms with van der Waals surface area (Å²) in [7, 11) is 0. The van der Waals surface area contributed by atoms with Gasteiger partial charge in [-0.1, -0.05) is 6.92 Å². The maximum Gasteiger partial charge on any atom is 0.220 e. The van der Waals surface area contributed by atoms with E-state index >= 15 is 0 Å². The van der Waals surface area contributed by atoms with Gasteiger partial charge in [-0.25, -0.2) is 0 Å². The fourth-order valence-corrected chi connectivity index (χ4v) is 3.38. The van der Waals surface area contributed by atoms with Crippen LogP contribution in [0.5, 0.6) is 0 Å². The normalized spacial score (nSPS) is 39.9. The Labute approximate surface area is 96.3 Å². The molecule has 0 aromatic carbocycles. The van der Waals surface area contributed by atoms with E-state index in [1.807, 2.05) is 6.92 Å². The molecule has 1 saturated carbocycles. The topological polar surface area (TPSA) is 60.8 Å². The summed E-state index contributed by atoms with van der Waals surface area (Å²) in [5.74, 6) is -0.0275. The third-order valence-corrected chi connectivity index (χ3v) is 4.21. The molecule has 2 atom stereocenters. The van der Waals surface area contributed by atoms with E-state index in [2.05, 4.69) is 0 Å². The third-order valence-electron chi connectivity index (χ3n) is 4.21. The highest BCUT2D eigenvalue weighted by molar-refractivity contribution is 5.74. The molecule has 3 fully saturated rings. The molecule has 0 radical (unpaired) electrons. The maximum atomic E-state index is 11.7. The minimum Gasteiger partial charge on any atom is -0.391 e. The van der Waals surface area contributed by atoms with Crippen molar-refractivity contribution in [2.24, 2.45) is 0 Å². The van der Waals surface area contributed by atoms with Crippen LogP contribution in [0.3, 0.4) is 0 Å². The van der Waals surface area contributed by atoms with Crippen molar-refractivity contribution in [2.75, 3.05) is 0 Å². The second kappa shape index (κ2) is 4.00. The van der Waals surface area contributed by atoms with E-state index in [-0.39, 0.29) is 11.9 Å². The molecule has 2 aliphatic heterocycles. The first-order valence-corrected chi connectivity index (χ1v) is 6.19. The molecule has 3 aliphatic rings. The van der Waals surface area contributed by atoms with Crippen LogP contribution in [0.1, 0.15) is 46.0 Å². The van der Waals surface area contributed by atoms with Gasteiger partial charge in [-0.2, -0.15) is 0 Å². The molecule has 4 nitrogen and oxygen atoms in total. The van der Waals surface area contributed by atoms with Crippen molar-refractivity contribution < 1.29 is 15.0 Å². The van der Waals surface area contributed by atoms with Gasteiger partial charge in [0.15, 0.2) is 0 Å². The van der Waals surface area contributed by atoms with E-state index in [4.69, 9.17) is 0 Å². The Bertz CT molecular complexity index is 284. The highest BCUT2D eigenvalue weighted by atomic mass is 16.3. The molecule has 0 aromatic heterocycles. The summed E-state index contributed by atoms with van der Waals surface area (Å²) in [4.78, 5) is 13.4. The van der Waals surface area contributed by atoms with Crippen LogP contribution in [0.15, 0.2) is 0 Å². The zero-order valence-corrected chi connectivity index (χ0v) is 10.0. The van der Waals surface area contributed by atoms with Crippen LogP contribution >= 0.6 is 0 Å². The average molecular weight is 227 g/mol. The van der Waals surface area contributed by atoms with Gasteiger partial charge in [0.25, 0.3) is 0 Å². The van der Waals surface area contributed by atoms with Gasteiger partial charge in [-0.3, -0.25) is 4.79 Å². The number of aliphatic hydroxyl groups excluding tert-OH is 1. The summed E-state index contributed by atoms with van der Waals surface area (Å²) < 4.78 is 0. The van der Waals surface area contributed by atoms with Crippen molar-refractivity contribution in [1.82, 2.24) is 4.90 Å². The number of piperidine rings is 2. The number of nitrogens with zero attached hydrogens (tertiary/aromatic N) is 1. The minimum atomic E-state index is -0.865. The highest BCUT2D eigenvalue weighted by Gasteiger charge is 2.54. The van der Waals surface area contributed by atoms with Gasteiger partial charge in [-0.15, -0.1) is 0 Å². The maximum absolute atomic E-state index is 11.7. The summed E-state index contributed by atoms with van der Waals surface area (Å²) in [5, 5.41) is 20.6. The summed E-state index contributed by atoms with van der Waals surface area (Å²) in [6.45, 7) is 3.41. The molecule has 4 heteroatoms. The first-order valence-electron chi connectivity index (χ1n) is 6.19.